The minimum absolute atomic E-state index is 0.0201. The Balaban J connectivity index is 1.68. The third kappa shape index (κ3) is 3.72. The molecule has 1 saturated carbocycles. The van der Waals surface area contributed by atoms with Crippen molar-refractivity contribution >= 4 is 28.6 Å². The molecule has 1 amide bonds. The highest BCUT2D eigenvalue weighted by atomic mass is 32.1. The number of carbonyl (C=O) groups excluding carboxylic acids is 1. The minimum atomic E-state index is -0.371. The van der Waals surface area contributed by atoms with E-state index in [0.29, 0.717) is 6.54 Å². The Morgan fingerprint density at radius 3 is 2.79 bits per heavy atom. The molecule has 0 spiro atoms. The van der Waals surface area contributed by atoms with E-state index in [0.717, 1.165) is 31.2 Å². The topological polar surface area (TPSA) is 58.6 Å². The van der Waals surface area contributed by atoms with Crippen LogP contribution >= 0.6 is 22.7 Å². The summed E-state index contributed by atoms with van der Waals surface area (Å²) in [5.41, 5.74) is 0.676. The SMILES string of the molecule is O=C(NCC(OCCO)c1ccsc1)C1(c2cccs2)CCCC1. The highest BCUT2D eigenvalue weighted by molar-refractivity contribution is 7.10. The zero-order valence-electron chi connectivity index (χ0n) is 13.6. The summed E-state index contributed by atoms with van der Waals surface area (Å²) in [7, 11) is 0. The average molecular weight is 366 g/mol. The summed E-state index contributed by atoms with van der Waals surface area (Å²) in [4.78, 5) is 14.2. The fraction of sp³-hybridized carbons (Fsp3) is 0.500. The number of carbonyl (C=O) groups is 1. The van der Waals surface area contributed by atoms with E-state index in [2.05, 4.69) is 11.4 Å². The number of hydrogen-bond donors (Lipinski definition) is 2. The Morgan fingerprint density at radius 1 is 1.33 bits per heavy atom. The van der Waals surface area contributed by atoms with Crippen molar-refractivity contribution in [2.45, 2.75) is 37.2 Å². The molecule has 24 heavy (non-hydrogen) atoms. The quantitative estimate of drug-likeness (QED) is 0.753. The summed E-state index contributed by atoms with van der Waals surface area (Å²) in [5, 5.41) is 18.2. The lowest BCUT2D eigenvalue weighted by molar-refractivity contribution is -0.127. The minimum Gasteiger partial charge on any atom is -0.394 e. The standard InChI is InChI=1S/C18H23NO3S2/c20-8-9-22-15(14-5-11-23-13-14)12-19-17(21)18(6-1-2-7-18)16-4-3-10-24-16/h3-5,10-11,13,15,20H,1-2,6-9,12H2,(H,19,21). The van der Waals surface area contributed by atoms with E-state index < -0.39 is 0 Å². The van der Waals surface area contributed by atoms with Crippen molar-refractivity contribution in [1.82, 2.24) is 5.32 Å². The molecule has 2 heterocycles. The van der Waals surface area contributed by atoms with E-state index in [1.807, 2.05) is 28.3 Å². The van der Waals surface area contributed by atoms with Gasteiger partial charge in [-0.25, -0.2) is 0 Å². The fourth-order valence-corrected chi connectivity index (χ4v) is 5.08. The molecular formula is C18H23NO3S2. The van der Waals surface area contributed by atoms with Gasteiger partial charge in [0.1, 0.15) is 6.10 Å². The molecule has 0 bridgehead atoms. The Labute approximate surface area is 150 Å². The largest absolute Gasteiger partial charge is 0.394 e. The summed E-state index contributed by atoms with van der Waals surface area (Å²) in [6.45, 7) is 0.683. The third-order valence-electron chi connectivity index (χ3n) is 4.66. The predicted molar refractivity (Wildman–Crippen MR) is 97.6 cm³/mol. The van der Waals surface area contributed by atoms with Crippen LogP contribution in [0, 0.1) is 0 Å². The van der Waals surface area contributed by atoms with E-state index in [1.54, 1.807) is 22.7 Å². The van der Waals surface area contributed by atoms with Crippen molar-refractivity contribution in [2.75, 3.05) is 19.8 Å². The Bertz CT molecular complexity index is 619. The van der Waals surface area contributed by atoms with Crippen LogP contribution in [0.4, 0.5) is 0 Å². The molecule has 130 valence electrons. The van der Waals surface area contributed by atoms with Crippen molar-refractivity contribution in [3.8, 4) is 0 Å². The van der Waals surface area contributed by atoms with Gasteiger partial charge in [0.05, 0.1) is 18.6 Å². The molecule has 3 rings (SSSR count). The first kappa shape index (κ1) is 17.6. The van der Waals surface area contributed by atoms with Crippen molar-refractivity contribution in [3.05, 3.63) is 44.8 Å². The van der Waals surface area contributed by atoms with Crippen LogP contribution in [0.1, 0.15) is 42.2 Å². The van der Waals surface area contributed by atoms with Crippen LogP contribution < -0.4 is 5.32 Å². The van der Waals surface area contributed by atoms with Gasteiger partial charge in [-0.15, -0.1) is 11.3 Å². The third-order valence-corrected chi connectivity index (χ3v) is 6.43. The maximum Gasteiger partial charge on any atom is 0.231 e. The Kier molecular flexibility index (Phi) is 6.05. The molecule has 4 nitrogen and oxygen atoms in total. The zero-order chi connectivity index (χ0) is 16.8. The number of aliphatic hydroxyl groups is 1. The van der Waals surface area contributed by atoms with Gasteiger partial charge >= 0.3 is 0 Å². The van der Waals surface area contributed by atoms with E-state index >= 15 is 0 Å². The summed E-state index contributed by atoms with van der Waals surface area (Å²) in [6, 6.07) is 6.10. The molecule has 1 fully saturated rings. The average Bonchev–Trinajstić information content (AvgIpc) is 3.35. The first-order valence-corrected chi connectivity index (χ1v) is 10.2. The lowest BCUT2D eigenvalue weighted by Gasteiger charge is -2.28. The van der Waals surface area contributed by atoms with Gasteiger partial charge in [-0.3, -0.25) is 4.79 Å². The highest BCUT2D eigenvalue weighted by Crippen LogP contribution is 2.43. The number of aliphatic hydroxyl groups excluding tert-OH is 1. The summed E-state index contributed by atoms with van der Waals surface area (Å²) < 4.78 is 5.72. The molecule has 2 N–H and O–H groups in total. The van der Waals surface area contributed by atoms with Gasteiger partial charge in [-0.2, -0.15) is 11.3 Å². The number of nitrogens with one attached hydrogen (secondary N) is 1. The Hall–Kier alpha value is -1.21. The van der Waals surface area contributed by atoms with Gasteiger partial charge in [0.15, 0.2) is 0 Å². The molecule has 1 aliphatic rings. The maximum atomic E-state index is 13.0. The van der Waals surface area contributed by atoms with E-state index in [9.17, 15) is 4.79 Å². The van der Waals surface area contributed by atoms with Crippen LogP contribution in [-0.4, -0.2) is 30.8 Å². The van der Waals surface area contributed by atoms with Gasteiger partial charge in [0.25, 0.3) is 0 Å². The summed E-state index contributed by atoms with van der Waals surface area (Å²) >= 11 is 3.27. The second-order valence-electron chi connectivity index (χ2n) is 6.12. The molecule has 1 atom stereocenters. The highest BCUT2D eigenvalue weighted by Gasteiger charge is 2.43. The molecular weight excluding hydrogens is 342 g/mol. The molecule has 0 radical (unpaired) electrons. The predicted octanol–water partition coefficient (Wildman–Crippen LogP) is 3.49. The fourth-order valence-electron chi connectivity index (χ4n) is 3.40. The molecule has 1 aliphatic carbocycles. The van der Waals surface area contributed by atoms with Crippen LogP contribution in [0.3, 0.4) is 0 Å². The van der Waals surface area contributed by atoms with Gasteiger partial charge in [-0.1, -0.05) is 18.9 Å². The lowest BCUT2D eigenvalue weighted by Crippen LogP contribution is -2.43. The van der Waals surface area contributed by atoms with Crippen molar-refractivity contribution in [3.63, 3.8) is 0 Å². The monoisotopic (exact) mass is 365 g/mol. The number of hydrogen-bond acceptors (Lipinski definition) is 5. The smallest absolute Gasteiger partial charge is 0.231 e. The van der Waals surface area contributed by atoms with Gasteiger partial charge in [0, 0.05) is 11.4 Å². The normalized spacial score (nSPS) is 17.7. The van der Waals surface area contributed by atoms with Crippen LogP contribution in [-0.2, 0) is 14.9 Å². The van der Waals surface area contributed by atoms with E-state index in [4.69, 9.17) is 9.84 Å². The Morgan fingerprint density at radius 2 is 2.17 bits per heavy atom. The molecule has 0 aliphatic heterocycles. The number of thiophene rings is 2. The van der Waals surface area contributed by atoms with E-state index in [-0.39, 0.29) is 30.6 Å². The van der Waals surface area contributed by atoms with Gasteiger partial charge in [-0.05, 0) is 46.7 Å². The summed E-state index contributed by atoms with van der Waals surface area (Å²) in [6.07, 6.45) is 3.81. The number of amides is 1. The van der Waals surface area contributed by atoms with Crippen LogP contribution in [0.2, 0.25) is 0 Å². The second kappa shape index (κ2) is 8.25. The molecule has 6 heteroatoms. The summed E-state index contributed by atoms with van der Waals surface area (Å²) in [5.74, 6) is 0.107. The second-order valence-corrected chi connectivity index (χ2v) is 7.84. The van der Waals surface area contributed by atoms with Crippen LogP contribution in [0.5, 0.6) is 0 Å². The van der Waals surface area contributed by atoms with Crippen molar-refractivity contribution in [2.24, 2.45) is 0 Å². The van der Waals surface area contributed by atoms with Crippen LogP contribution in [0.25, 0.3) is 0 Å². The first-order chi connectivity index (χ1) is 11.8. The van der Waals surface area contributed by atoms with Crippen LogP contribution in [0.15, 0.2) is 34.3 Å². The molecule has 0 aromatic carbocycles. The molecule has 0 saturated heterocycles. The zero-order valence-corrected chi connectivity index (χ0v) is 15.2. The maximum absolute atomic E-state index is 13.0. The van der Waals surface area contributed by atoms with Gasteiger partial charge < -0.3 is 15.2 Å². The first-order valence-electron chi connectivity index (χ1n) is 8.33. The molecule has 2 aromatic heterocycles. The van der Waals surface area contributed by atoms with Gasteiger partial charge in [0.2, 0.25) is 5.91 Å². The lowest BCUT2D eigenvalue weighted by atomic mass is 9.83. The van der Waals surface area contributed by atoms with Crippen molar-refractivity contribution < 1.29 is 14.6 Å². The number of ether oxygens (including phenoxy) is 1. The number of rotatable bonds is 8. The van der Waals surface area contributed by atoms with Crippen molar-refractivity contribution in [1.29, 1.82) is 0 Å². The molecule has 1 unspecified atom stereocenters. The molecule has 2 aromatic rings. The van der Waals surface area contributed by atoms with E-state index in [1.165, 1.54) is 4.88 Å².